The van der Waals surface area contributed by atoms with Gasteiger partial charge in [-0.3, -0.25) is 5.32 Å². The fraction of sp³-hybridized carbons (Fsp3) is 0.923. The van der Waals surface area contributed by atoms with Crippen molar-refractivity contribution in [2.45, 2.75) is 44.6 Å². The first-order valence-electron chi connectivity index (χ1n) is 6.70. The van der Waals surface area contributed by atoms with Crippen molar-refractivity contribution in [1.29, 1.82) is 5.26 Å². The van der Waals surface area contributed by atoms with Gasteiger partial charge in [0.05, 0.1) is 18.7 Å². The summed E-state index contributed by atoms with van der Waals surface area (Å²) in [5.41, 5.74) is 0. The quantitative estimate of drug-likeness (QED) is 0.802. The molecule has 2 heterocycles. The highest BCUT2D eigenvalue weighted by Crippen LogP contribution is 2.54. The van der Waals surface area contributed by atoms with E-state index in [0.29, 0.717) is 23.8 Å². The summed E-state index contributed by atoms with van der Waals surface area (Å²) in [6.45, 7) is 3.78. The van der Waals surface area contributed by atoms with Crippen LogP contribution in [0.25, 0.3) is 0 Å². The fourth-order valence-electron chi connectivity index (χ4n) is 3.51. The summed E-state index contributed by atoms with van der Waals surface area (Å²) in [5, 5.41) is 12.4. The Morgan fingerprint density at radius 1 is 1.41 bits per heavy atom. The fourth-order valence-corrected chi connectivity index (χ4v) is 3.51. The van der Waals surface area contributed by atoms with Crippen LogP contribution in [0.5, 0.6) is 0 Å². The highest BCUT2D eigenvalue weighted by molar-refractivity contribution is 5.19. The van der Waals surface area contributed by atoms with Gasteiger partial charge in [0.15, 0.2) is 6.29 Å². The second-order valence-corrected chi connectivity index (χ2v) is 5.51. The van der Waals surface area contributed by atoms with Gasteiger partial charge < -0.3 is 9.47 Å². The van der Waals surface area contributed by atoms with Crippen molar-refractivity contribution in [2.75, 3.05) is 13.2 Å². The minimum Gasteiger partial charge on any atom is -0.353 e. The summed E-state index contributed by atoms with van der Waals surface area (Å²) in [4.78, 5) is 0. The van der Waals surface area contributed by atoms with Crippen molar-refractivity contribution >= 4 is 0 Å². The first kappa shape index (κ1) is 11.5. The van der Waals surface area contributed by atoms with Crippen molar-refractivity contribution in [2.24, 2.45) is 17.8 Å². The minimum atomic E-state index is 0.00822. The summed E-state index contributed by atoms with van der Waals surface area (Å²) in [5.74, 6) is 1.73. The minimum absolute atomic E-state index is 0.00822. The van der Waals surface area contributed by atoms with Gasteiger partial charge in [-0.25, -0.2) is 0 Å². The topological polar surface area (TPSA) is 54.3 Å². The van der Waals surface area contributed by atoms with E-state index >= 15 is 0 Å². The van der Waals surface area contributed by atoms with Crippen LogP contribution >= 0.6 is 0 Å². The molecule has 3 aliphatic rings. The van der Waals surface area contributed by atoms with Gasteiger partial charge in [0.25, 0.3) is 0 Å². The standard InChI is InChI=1S/C13H20N2O2/c1-8-12-9(13(12)10(6-14)15-8)7-17-11-4-2-3-5-16-11/h8-13,15H,2-5,7H2,1H3. The summed E-state index contributed by atoms with van der Waals surface area (Å²) in [6.07, 6.45) is 3.40. The van der Waals surface area contributed by atoms with E-state index in [4.69, 9.17) is 14.7 Å². The molecule has 0 amide bonds. The van der Waals surface area contributed by atoms with E-state index in [1.807, 2.05) is 0 Å². The lowest BCUT2D eigenvalue weighted by Crippen LogP contribution is -2.34. The molecular formula is C13H20N2O2. The molecule has 6 unspecified atom stereocenters. The molecule has 1 saturated carbocycles. The van der Waals surface area contributed by atoms with Gasteiger partial charge in [-0.15, -0.1) is 0 Å². The van der Waals surface area contributed by atoms with E-state index in [1.165, 1.54) is 6.42 Å². The summed E-state index contributed by atoms with van der Waals surface area (Å²) >= 11 is 0. The molecule has 0 bridgehead atoms. The zero-order chi connectivity index (χ0) is 11.8. The van der Waals surface area contributed by atoms with E-state index < -0.39 is 0 Å². The Bertz CT molecular complexity index is 322. The molecule has 3 rings (SSSR count). The number of piperidine rings is 1. The van der Waals surface area contributed by atoms with Gasteiger partial charge in [-0.2, -0.15) is 5.26 Å². The van der Waals surface area contributed by atoms with Crippen LogP contribution in [0.15, 0.2) is 0 Å². The summed E-state index contributed by atoms with van der Waals surface area (Å²) < 4.78 is 11.4. The number of fused-ring (bicyclic) bond motifs is 1. The predicted octanol–water partition coefficient (Wildman–Crippen LogP) is 1.28. The lowest BCUT2D eigenvalue weighted by Gasteiger charge is -2.23. The largest absolute Gasteiger partial charge is 0.353 e. The number of rotatable bonds is 3. The first-order valence-corrected chi connectivity index (χ1v) is 6.70. The number of hydrogen-bond acceptors (Lipinski definition) is 4. The average molecular weight is 236 g/mol. The smallest absolute Gasteiger partial charge is 0.157 e. The molecule has 4 heteroatoms. The van der Waals surface area contributed by atoms with Crippen molar-refractivity contribution in [3.05, 3.63) is 0 Å². The molecule has 94 valence electrons. The van der Waals surface area contributed by atoms with Gasteiger partial charge in [0, 0.05) is 12.6 Å². The van der Waals surface area contributed by atoms with E-state index in [-0.39, 0.29) is 12.3 Å². The third-order valence-electron chi connectivity index (χ3n) is 4.45. The van der Waals surface area contributed by atoms with Crippen LogP contribution in [0.2, 0.25) is 0 Å². The van der Waals surface area contributed by atoms with Crippen molar-refractivity contribution < 1.29 is 9.47 Å². The highest BCUT2D eigenvalue weighted by atomic mass is 16.7. The molecule has 1 aliphatic carbocycles. The van der Waals surface area contributed by atoms with Crippen LogP contribution in [-0.4, -0.2) is 31.6 Å². The summed E-state index contributed by atoms with van der Waals surface area (Å²) in [7, 11) is 0. The number of ether oxygens (including phenoxy) is 2. The van der Waals surface area contributed by atoms with Crippen LogP contribution < -0.4 is 5.32 Å². The Morgan fingerprint density at radius 2 is 2.29 bits per heavy atom. The Balaban J connectivity index is 1.47. The molecule has 0 aromatic rings. The Hall–Kier alpha value is -0.630. The molecule has 0 spiro atoms. The normalized spacial score (nSPS) is 48.5. The first-order chi connectivity index (χ1) is 8.31. The van der Waals surface area contributed by atoms with Gasteiger partial charge in [0.2, 0.25) is 0 Å². The maximum Gasteiger partial charge on any atom is 0.157 e. The molecule has 17 heavy (non-hydrogen) atoms. The molecule has 2 aliphatic heterocycles. The Morgan fingerprint density at radius 3 is 3.00 bits per heavy atom. The third-order valence-corrected chi connectivity index (χ3v) is 4.45. The van der Waals surface area contributed by atoms with E-state index in [0.717, 1.165) is 26.1 Å². The van der Waals surface area contributed by atoms with Crippen molar-refractivity contribution in [3.8, 4) is 6.07 Å². The SMILES string of the molecule is CC1NC(C#N)C2C(COC3CCCCO3)C12. The highest BCUT2D eigenvalue weighted by Gasteiger charge is 2.61. The molecule has 0 aromatic carbocycles. The van der Waals surface area contributed by atoms with Crippen LogP contribution in [-0.2, 0) is 9.47 Å². The molecule has 4 nitrogen and oxygen atoms in total. The lowest BCUT2D eigenvalue weighted by molar-refractivity contribution is -0.166. The number of nitrogens with zero attached hydrogens (tertiary/aromatic N) is 1. The van der Waals surface area contributed by atoms with Gasteiger partial charge >= 0.3 is 0 Å². The van der Waals surface area contributed by atoms with E-state index in [1.54, 1.807) is 0 Å². The van der Waals surface area contributed by atoms with Crippen LogP contribution in [0, 0.1) is 29.1 Å². The van der Waals surface area contributed by atoms with Gasteiger partial charge in [-0.05, 0) is 43.9 Å². The van der Waals surface area contributed by atoms with Crippen LogP contribution in [0.1, 0.15) is 26.2 Å². The maximum atomic E-state index is 9.04. The molecule has 2 saturated heterocycles. The van der Waals surface area contributed by atoms with Crippen LogP contribution in [0.4, 0.5) is 0 Å². The average Bonchev–Trinajstić information content (AvgIpc) is 2.99. The monoisotopic (exact) mass is 236 g/mol. The third kappa shape index (κ3) is 2.08. The second-order valence-electron chi connectivity index (χ2n) is 5.51. The Labute approximate surface area is 102 Å². The molecule has 0 aromatic heterocycles. The maximum absolute atomic E-state index is 9.04. The lowest BCUT2D eigenvalue weighted by atomic mass is 10.1. The van der Waals surface area contributed by atoms with Crippen molar-refractivity contribution in [3.63, 3.8) is 0 Å². The number of nitriles is 1. The molecule has 0 radical (unpaired) electrons. The van der Waals surface area contributed by atoms with E-state index in [2.05, 4.69) is 18.3 Å². The van der Waals surface area contributed by atoms with Gasteiger partial charge in [-0.1, -0.05) is 0 Å². The second kappa shape index (κ2) is 4.56. The Kier molecular flexibility index (Phi) is 3.08. The summed E-state index contributed by atoms with van der Waals surface area (Å²) in [6, 6.07) is 2.86. The molecular weight excluding hydrogens is 216 g/mol. The van der Waals surface area contributed by atoms with Gasteiger partial charge in [0.1, 0.15) is 0 Å². The molecule has 6 atom stereocenters. The zero-order valence-electron chi connectivity index (χ0n) is 10.3. The zero-order valence-corrected chi connectivity index (χ0v) is 10.3. The predicted molar refractivity (Wildman–Crippen MR) is 62.0 cm³/mol. The van der Waals surface area contributed by atoms with E-state index in [9.17, 15) is 0 Å². The molecule has 1 N–H and O–H groups in total. The van der Waals surface area contributed by atoms with Crippen molar-refractivity contribution in [1.82, 2.24) is 5.32 Å². The number of hydrogen-bond donors (Lipinski definition) is 1. The number of nitrogens with one attached hydrogen (secondary N) is 1. The van der Waals surface area contributed by atoms with Crippen LogP contribution in [0.3, 0.4) is 0 Å². The molecule has 3 fully saturated rings.